The van der Waals surface area contributed by atoms with Gasteiger partial charge >= 0.3 is 5.97 Å². The van der Waals surface area contributed by atoms with E-state index in [0.717, 1.165) is 6.92 Å². The van der Waals surface area contributed by atoms with Gasteiger partial charge in [-0.3, -0.25) is 67.1 Å². The van der Waals surface area contributed by atoms with E-state index in [9.17, 15) is 87.5 Å². The topological polar surface area (TPSA) is 562 Å². The Kier molecular flexibility index (Phi) is 30.2. The van der Waals surface area contributed by atoms with Crippen molar-refractivity contribution in [1.29, 1.82) is 0 Å². The predicted molar refractivity (Wildman–Crippen MR) is 292 cm³/mol. The Morgan fingerprint density at radius 1 is 0.575 bits per heavy atom. The number of aliphatic carboxylic acids is 1. The van der Waals surface area contributed by atoms with Crippen LogP contribution >= 0.6 is 0 Å². The fraction of sp³-hybridized carbons (Fsp3) is 0.720. The van der Waals surface area contributed by atoms with E-state index >= 15 is 0 Å². The smallest absolute Gasteiger partial charge is 0.325 e. The second kappa shape index (κ2) is 35.8. The van der Waals surface area contributed by atoms with Crippen LogP contribution in [0.3, 0.4) is 0 Å². The Labute approximate surface area is 498 Å². The van der Waals surface area contributed by atoms with Gasteiger partial charge in [-0.2, -0.15) is 0 Å². The highest BCUT2D eigenvalue weighted by molar-refractivity contribution is 5.95. The van der Waals surface area contributed by atoms with Crippen LogP contribution in [-0.2, 0) is 90.8 Å². The molecule has 3 heterocycles. The maximum absolute atomic E-state index is 13.7. The Balaban J connectivity index is 1.62. The summed E-state index contributed by atoms with van der Waals surface area (Å²) in [6.07, 6.45) is -13.3. The van der Waals surface area contributed by atoms with Crippen LogP contribution in [0.1, 0.15) is 80.6 Å². The van der Waals surface area contributed by atoms with Crippen LogP contribution in [0.5, 0.6) is 0 Å². The van der Waals surface area contributed by atoms with Crippen LogP contribution in [0, 0.1) is 0 Å². The molecule has 87 heavy (non-hydrogen) atoms. The molecule has 20 N–H and O–H groups in total. The number of amides is 13. The maximum atomic E-state index is 13.7. The highest BCUT2D eigenvalue weighted by atomic mass is 16.8. The van der Waals surface area contributed by atoms with Crippen LogP contribution in [0.2, 0.25) is 0 Å². The van der Waals surface area contributed by atoms with Gasteiger partial charge in [0, 0.05) is 26.8 Å². The molecule has 37 nitrogen and oxygen atoms in total. The Hall–Kier alpha value is -7.78. The Morgan fingerprint density at radius 2 is 1.13 bits per heavy atom. The number of aliphatic hydroxyl groups excluding tert-OH is 3. The summed E-state index contributed by atoms with van der Waals surface area (Å²) < 4.78 is 29.9. The molecule has 3 saturated heterocycles. The molecule has 0 aliphatic carbocycles. The summed E-state index contributed by atoms with van der Waals surface area (Å²) in [6.45, 7) is 5.89. The number of carboxylic acids is 1. The maximum Gasteiger partial charge on any atom is 0.325 e. The van der Waals surface area contributed by atoms with Crippen molar-refractivity contribution in [2.24, 2.45) is 11.5 Å². The molecule has 37 heteroatoms. The zero-order valence-electron chi connectivity index (χ0n) is 49.0. The molecule has 13 amide bonds. The molecule has 2 bridgehead atoms. The quantitative estimate of drug-likeness (QED) is 0.0262. The molecule has 0 aromatic carbocycles. The normalized spacial score (nSPS) is 24.4. The molecule has 3 aliphatic rings. The fourth-order valence-electron chi connectivity index (χ4n) is 8.62. The molecule has 3 fully saturated rings. The molecule has 3 rings (SSSR count). The average Bonchev–Trinajstić information content (AvgIpc) is 1.86. The van der Waals surface area contributed by atoms with E-state index in [4.69, 9.17) is 35.2 Å². The van der Waals surface area contributed by atoms with Gasteiger partial charge in [0.25, 0.3) is 0 Å². The Bertz CT molecular complexity index is 2480. The van der Waals surface area contributed by atoms with E-state index in [1.54, 1.807) is 0 Å². The standard InChI is InChI=1S/C50H82N14O23/c1-20(57-35(72)17-56-34(71)16-55-33(70)15-54-32(69)14-51)43(76)53-13-9-8-10-28(47(80)59-21(2)44(77)60-23(4)48(81)82)63-31(68)12-11-27(42(52)75)64-45(78)22(3)58-46(79)24(5)84-41-37(62-26(7)67)49-83-19-30(86-49)40(41)87-50-36(61-25(6)66)39(74)38(73)29(18-65)85-50/h20-24,27-30,36-41,49-50,65,73-74H,8-19,51H2,1-7H3,(H2,52,75)(H,53,76)(H,54,69)(H,55,70)(H,56,71)(H,57,72)(H,58,79)(H,59,80)(H,60,77)(H,61,66)(H,62,67)(H,63,68)(H,64,78)(H,81,82). The first-order valence-electron chi connectivity index (χ1n) is 27.7. The number of nitrogens with two attached hydrogens (primary N) is 2. The summed E-state index contributed by atoms with van der Waals surface area (Å²) in [5.74, 6) is -11.6. The second-order valence-electron chi connectivity index (χ2n) is 20.6. The first kappa shape index (κ1) is 73.5. The van der Waals surface area contributed by atoms with Gasteiger partial charge in [0.15, 0.2) is 12.6 Å². The lowest BCUT2D eigenvalue weighted by atomic mass is 9.95. The number of ether oxygens (including phenoxy) is 5. The largest absolute Gasteiger partial charge is 0.480 e. The van der Waals surface area contributed by atoms with Crippen LogP contribution in [0.25, 0.3) is 0 Å². The van der Waals surface area contributed by atoms with Gasteiger partial charge in [-0.15, -0.1) is 0 Å². The van der Waals surface area contributed by atoms with Gasteiger partial charge in [0.2, 0.25) is 76.8 Å². The number of carboxylic acid groups (broad SMARTS) is 1. The summed E-state index contributed by atoms with van der Waals surface area (Å²) in [5, 5.41) is 69.2. The lowest BCUT2D eigenvalue weighted by Gasteiger charge is -2.47. The lowest BCUT2D eigenvalue weighted by Crippen LogP contribution is -2.68. The number of rotatable bonds is 35. The summed E-state index contributed by atoms with van der Waals surface area (Å²) in [6, 6.07) is -10.6. The third-order valence-corrected chi connectivity index (χ3v) is 13.4. The van der Waals surface area contributed by atoms with Gasteiger partial charge in [-0.1, -0.05) is 0 Å². The van der Waals surface area contributed by atoms with E-state index in [1.807, 2.05) is 0 Å². The summed E-state index contributed by atoms with van der Waals surface area (Å²) >= 11 is 0. The molecule has 0 aromatic rings. The van der Waals surface area contributed by atoms with Crippen LogP contribution in [0.4, 0.5) is 0 Å². The number of unbranched alkanes of at least 4 members (excludes halogenated alkanes) is 1. The number of carbonyl (C=O) groups is 14. The van der Waals surface area contributed by atoms with Gasteiger partial charge < -0.3 is 119 Å². The van der Waals surface area contributed by atoms with E-state index in [2.05, 4.69) is 63.8 Å². The van der Waals surface area contributed by atoms with Crippen molar-refractivity contribution in [2.45, 2.75) is 184 Å². The van der Waals surface area contributed by atoms with Crippen molar-refractivity contribution in [3.8, 4) is 0 Å². The minimum absolute atomic E-state index is 0.00782. The number of carbonyl (C=O) groups excluding carboxylic acids is 13. The van der Waals surface area contributed by atoms with Crippen molar-refractivity contribution >= 4 is 82.8 Å². The van der Waals surface area contributed by atoms with Gasteiger partial charge in [-0.05, 0) is 60.3 Å². The van der Waals surface area contributed by atoms with Crippen LogP contribution in [0.15, 0.2) is 0 Å². The molecule has 17 unspecified atom stereocenters. The van der Waals surface area contributed by atoms with E-state index in [-0.39, 0.29) is 39.0 Å². The van der Waals surface area contributed by atoms with Gasteiger partial charge in [0.1, 0.15) is 91.1 Å². The Morgan fingerprint density at radius 3 is 1.70 bits per heavy atom. The van der Waals surface area contributed by atoms with Crippen molar-refractivity contribution in [3.05, 3.63) is 0 Å². The minimum atomic E-state index is -1.71. The third kappa shape index (κ3) is 24.1. The number of primary amides is 1. The minimum Gasteiger partial charge on any atom is -0.480 e. The number of hydrogen-bond acceptors (Lipinski definition) is 23. The first-order valence-corrected chi connectivity index (χ1v) is 27.7. The zero-order chi connectivity index (χ0) is 65.4. The monoisotopic (exact) mass is 1250 g/mol. The second-order valence-corrected chi connectivity index (χ2v) is 20.6. The lowest BCUT2D eigenvalue weighted by molar-refractivity contribution is -0.313. The molecule has 0 aromatic heterocycles. The number of hydrogen-bond donors (Lipinski definition) is 18. The number of aliphatic hydroxyl groups is 3. The van der Waals surface area contributed by atoms with Crippen molar-refractivity contribution < 1.29 is 111 Å². The number of fused-ring (bicyclic) bond motifs is 2. The first-order chi connectivity index (χ1) is 40.9. The van der Waals surface area contributed by atoms with Crippen LogP contribution in [-0.4, -0.2) is 253 Å². The molecule has 0 radical (unpaired) electrons. The van der Waals surface area contributed by atoms with Gasteiger partial charge in [0.05, 0.1) is 39.4 Å². The van der Waals surface area contributed by atoms with Crippen molar-refractivity contribution in [1.82, 2.24) is 63.8 Å². The zero-order valence-corrected chi connectivity index (χ0v) is 49.0. The summed E-state index contributed by atoms with van der Waals surface area (Å²) in [7, 11) is 0. The number of nitrogens with one attached hydrogen (secondary N) is 12. The van der Waals surface area contributed by atoms with Crippen molar-refractivity contribution in [3.63, 3.8) is 0 Å². The highest BCUT2D eigenvalue weighted by Gasteiger charge is 2.56. The van der Waals surface area contributed by atoms with E-state index in [1.165, 1.54) is 41.5 Å². The molecule has 17 atom stereocenters. The van der Waals surface area contributed by atoms with Crippen LogP contribution < -0.4 is 75.3 Å². The SMILES string of the molecule is CC(=O)NC1C(OC2C3COC(O3)C(NC(C)=O)C2OC(C)C(=O)NC(C)C(=O)NC(CCC(=O)NC(CCCCNC(=O)C(C)NC(=O)CNC(=O)CNC(=O)CNC(=O)CN)C(=O)NC(C)C(=O)NC(C)C(=O)O)C(N)=O)OC(CO)C(O)C1O. The van der Waals surface area contributed by atoms with Gasteiger partial charge in [-0.25, -0.2) is 0 Å². The van der Waals surface area contributed by atoms with E-state index < -0.39 is 225 Å². The summed E-state index contributed by atoms with van der Waals surface area (Å²) in [5.41, 5.74) is 10.7. The predicted octanol–water partition coefficient (Wildman–Crippen LogP) is -10.7. The summed E-state index contributed by atoms with van der Waals surface area (Å²) in [4.78, 5) is 175. The molecule has 0 spiro atoms. The van der Waals surface area contributed by atoms with Crippen molar-refractivity contribution in [2.75, 3.05) is 45.9 Å². The fourth-order valence-corrected chi connectivity index (χ4v) is 8.62. The molecular weight excluding hydrogens is 1160 g/mol. The van der Waals surface area contributed by atoms with E-state index in [0.29, 0.717) is 0 Å². The molecule has 0 saturated carbocycles. The molecular formula is C50H82N14O23. The third-order valence-electron chi connectivity index (χ3n) is 13.4. The molecule has 3 aliphatic heterocycles. The highest BCUT2D eigenvalue weighted by Crippen LogP contribution is 2.35. The average molecular weight is 1250 g/mol. The molecule has 490 valence electrons.